The Bertz CT molecular complexity index is 727. The summed E-state index contributed by atoms with van der Waals surface area (Å²) in [7, 11) is 0. The number of nitrogens with zero attached hydrogens (tertiary/aromatic N) is 1. The van der Waals surface area contributed by atoms with Crippen LogP contribution in [0, 0.1) is 0 Å². The van der Waals surface area contributed by atoms with Crippen molar-refractivity contribution in [2.75, 3.05) is 12.3 Å². The molecule has 0 aliphatic carbocycles. The van der Waals surface area contributed by atoms with Crippen LogP contribution in [-0.4, -0.2) is 34.5 Å². The molecular weight excluding hydrogens is 268 g/mol. The zero-order chi connectivity index (χ0) is 15.0. The third-order valence-corrected chi connectivity index (χ3v) is 3.95. The molecule has 21 heavy (non-hydrogen) atoms. The normalized spacial score (nSPS) is 18.1. The van der Waals surface area contributed by atoms with Crippen molar-refractivity contribution < 1.29 is 14.7 Å². The van der Waals surface area contributed by atoms with Crippen molar-refractivity contribution in [1.82, 2.24) is 4.90 Å². The van der Waals surface area contributed by atoms with Gasteiger partial charge < -0.3 is 15.7 Å². The lowest BCUT2D eigenvalue weighted by Crippen LogP contribution is -2.40. The number of rotatable bonds is 2. The molecule has 5 nitrogen and oxygen atoms in total. The molecule has 3 rings (SSSR count). The molecule has 5 heteroatoms. The number of hydrogen-bond acceptors (Lipinski definition) is 3. The minimum atomic E-state index is -0.958. The highest BCUT2D eigenvalue weighted by Gasteiger charge is 2.35. The number of hydrogen-bond donors (Lipinski definition) is 2. The third kappa shape index (κ3) is 2.31. The lowest BCUT2D eigenvalue weighted by atomic mass is 10.0. The first kappa shape index (κ1) is 13.4. The number of aliphatic carboxylic acids is 1. The molecule has 0 aromatic heterocycles. The first-order valence-corrected chi connectivity index (χ1v) is 6.90. The van der Waals surface area contributed by atoms with Gasteiger partial charge in [0.15, 0.2) is 0 Å². The average molecular weight is 284 g/mol. The number of nitrogen functional groups attached to an aromatic ring is 1. The molecule has 0 radical (unpaired) electrons. The van der Waals surface area contributed by atoms with Gasteiger partial charge in [0.1, 0.15) is 6.04 Å². The van der Waals surface area contributed by atoms with Crippen LogP contribution in [-0.2, 0) is 4.79 Å². The lowest BCUT2D eigenvalue weighted by molar-refractivity contribution is -0.141. The quantitative estimate of drug-likeness (QED) is 0.827. The molecule has 0 unspecified atom stereocenters. The van der Waals surface area contributed by atoms with Crippen LogP contribution in [0.1, 0.15) is 23.2 Å². The first-order valence-electron chi connectivity index (χ1n) is 6.90. The van der Waals surface area contributed by atoms with Crippen LogP contribution in [0.4, 0.5) is 5.69 Å². The summed E-state index contributed by atoms with van der Waals surface area (Å²) in [4.78, 5) is 25.2. The molecule has 0 spiro atoms. The van der Waals surface area contributed by atoms with E-state index in [1.165, 1.54) is 4.90 Å². The number of fused-ring (bicyclic) bond motifs is 1. The molecule has 2 aromatic rings. The molecular formula is C16H16N2O3. The van der Waals surface area contributed by atoms with E-state index in [9.17, 15) is 14.7 Å². The molecule has 108 valence electrons. The Hall–Kier alpha value is -2.56. The molecule has 0 bridgehead atoms. The lowest BCUT2D eigenvalue weighted by Gasteiger charge is -2.22. The molecule has 2 aromatic carbocycles. The predicted octanol–water partition coefficient (Wildman–Crippen LogP) is 2.11. The second-order valence-electron chi connectivity index (χ2n) is 5.28. The van der Waals surface area contributed by atoms with E-state index in [0.29, 0.717) is 30.6 Å². The summed E-state index contributed by atoms with van der Waals surface area (Å²) in [6, 6.07) is 10.4. The Morgan fingerprint density at radius 2 is 1.86 bits per heavy atom. The summed E-state index contributed by atoms with van der Waals surface area (Å²) in [5.41, 5.74) is 6.74. The van der Waals surface area contributed by atoms with Crippen LogP contribution in [0.5, 0.6) is 0 Å². The van der Waals surface area contributed by atoms with E-state index in [2.05, 4.69) is 0 Å². The number of likely N-dealkylation sites (tertiary alicyclic amines) is 1. The van der Waals surface area contributed by atoms with E-state index in [1.54, 1.807) is 12.1 Å². The van der Waals surface area contributed by atoms with Gasteiger partial charge in [-0.2, -0.15) is 0 Å². The van der Waals surface area contributed by atoms with E-state index in [4.69, 9.17) is 5.73 Å². The Morgan fingerprint density at radius 1 is 1.19 bits per heavy atom. The van der Waals surface area contributed by atoms with Gasteiger partial charge in [0.05, 0.1) is 5.56 Å². The first-order chi connectivity index (χ1) is 10.1. The zero-order valence-electron chi connectivity index (χ0n) is 11.5. The molecule has 3 N–H and O–H groups in total. The van der Waals surface area contributed by atoms with Gasteiger partial charge in [-0.25, -0.2) is 4.79 Å². The van der Waals surface area contributed by atoms with E-state index in [-0.39, 0.29) is 5.91 Å². The van der Waals surface area contributed by atoms with Gasteiger partial charge in [0.2, 0.25) is 0 Å². The van der Waals surface area contributed by atoms with Crippen LogP contribution >= 0.6 is 0 Å². The van der Waals surface area contributed by atoms with Crippen LogP contribution in [0.15, 0.2) is 36.4 Å². The number of anilines is 1. The van der Waals surface area contributed by atoms with Crippen molar-refractivity contribution in [3.8, 4) is 0 Å². The largest absolute Gasteiger partial charge is 0.480 e. The van der Waals surface area contributed by atoms with Crippen molar-refractivity contribution in [2.45, 2.75) is 18.9 Å². The van der Waals surface area contributed by atoms with Crippen molar-refractivity contribution in [2.24, 2.45) is 0 Å². The summed E-state index contributed by atoms with van der Waals surface area (Å²) in [6.45, 7) is 0.460. The van der Waals surface area contributed by atoms with Gasteiger partial charge in [-0.3, -0.25) is 4.79 Å². The highest BCUT2D eigenvalue weighted by molar-refractivity contribution is 6.05. The van der Waals surface area contributed by atoms with Crippen LogP contribution in [0.3, 0.4) is 0 Å². The number of amides is 1. The standard InChI is InChI=1S/C16H16N2O3/c17-13-9-11-5-2-1-4-10(11)8-12(13)15(19)18-7-3-6-14(18)16(20)21/h1-2,4-5,8-9,14H,3,6-7,17H2,(H,20,21)/t14-/m0/s1. The summed E-state index contributed by atoms with van der Waals surface area (Å²) in [6.07, 6.45) is 1.20. The molecule has 1 amide bonds. The fourth-order valence-corrected chi connectivity index (χ4v) is 2.86. The summed E-state index contributed by atoms with van der Waals surface area (Å²) in [5, 5.41) is 11.1. The number of carbonyl (C=O) groups is 2. The zero-order valence-corrected chi connectivity index (χ0v) is 11.5. The Balaban J connectivity index is 2.01. The van der Waals surface area contributed by atoms with E-state index in [0.717, 1.165) is 10.8 Å². The number of benzene rings is 2. The second-order valence-corrected chi connectivity index (χ2v) is 5.28. The van der Waals surface area contributed by atoms with Gasteiger partial charge in [0.25, 0.3) is 5.91 Å². The van der Waals surface area contributed by atoms with Crippen molar-refractivity contribution >= 4 is 28.3 Å². The van der Waals surface area contributed by atoms with E-state index in [1.807, 2.05) is 24.3 Å². The smallest absolute Gasteiger partial charge is 0.326 e. The minimum absolute atomic E-state index is 0.303. The van der Waals surface area contributed by atoms with Crippen molar-refractivity contribution in [3.63, 3.8) is 0 Å². The monoisotopic (exact) mass is 284 g/mol. The number of carbonyl (C=O) groups excluding carboxylic acids is 1. The molecule has 0 saturated carbocycles. The topological polar surface area (TPSA) is 83.6 Å². The van der Waals surface area contributed by atoms with Crippen molar-refractivity contribution in [1.29, 1.82) is 0 Å². The molecule has 1 fully saturated rings. The number of nitrogens with two attached hydrogens (primary N) is 1. The Labute approximate surface area is 122 Å². The Morgan fingerprint density at radius 3 is 2.52 bits per heavy atom. The third-order valence-electron chi connectivity index (χ3n) is 3.95. The van der Waals surface area contributed by atoms with Gasteiger partial charge in [-0.15, -0.1) is 0 Å². The van der Waals surface area contributed by atoms with Gasteiger partial charge in [-0.05, 0) is 35.7 Å². The molecule has 1 aliphatic rings. The molecule has 1 heterocycles. The highest BCUT2D eigenvalue weighted by Crippen LogP contribution is 2.26. The van der Waals surface area contributed by atoms with Crippen LogP contribution in [0.25, 0.3) is 10.8 Å². The maximum Gasteiger partial charge on any atom is 0.326 e. The average Bonchev–Trinajstić information content (AvgIpc) is 2.95. The maximum absolute atomic E-state index is 12.6. The van der Waals surface area contributed by atoms with E-state index >= 15 is 0 Å². The summed E-state index contributed by atoms with van der Waals surface area (Å²) in [5.74, 6) is -1.26. The summed E-state index contributed by atoms with van der Waals surface area (Å²) < 4.78 is 0. The van der Waals surface area contributed by atoms with Crippen LogP contribution in [0.2, 0.25) is 0 Å². The number of carboxylic acid groups (broad SMARTS) is 1. The molecule has 1 saturated heterocycles. The summed E-state index contributed by atoms with van der Waals surface area (Å²) >= 11 is 0. The fourth-order valence-electron chi connectivity index (χ4n) is 2.86. The van der Waals surface area contributed by atoms with Gasteiger partial charge >= 0.3 is 5.97 Å². The minimum Gasteiger partial charge on any atom is -0.480 e. The van der Waals surface area contributed by atoms with Crippen molar-refractivity contribution in [3.05, 3.63) is 42.0 Å². The highest BCUT2D eigenvalue weighted by atomic mass is 16.4. The van der Waals surface area contributed by atoms with E-state index < -0.39 is 12.0 Å². The number of carboxylic acids is 1. The predicted molar refractivity (Wildman–Crippen MR) is 80.1 cm³/mol. The van der Waals surface area contributed by atoms with Crippen LogP contribution < -0.4 is 5.73 Å². The SMILES string of the molecule is Nc1cc2ccccc2cc1C(=O)N1CCC[C@H]1C(=O)O. The fraction of sp³-hybridized carbons (Fsp3) is 0.250. The molecule has 1 aliphatic heterocycles. The Kier molecular flexibility index (Phi) is 3.25. The maximum atomic E-state index is 12.6. The second kappa shape index (κ2) is 5.09. The van der Waals surface area contributed by atoms with Gasteiger partial charge in [-0.1, -0.05) is 24.3 Å². The van der Waals surface area contributed by atoms with Gasteiger partial charge in [0, 0.05) is 12.2 Å². The molecule has 1 atom stereocenters.